The van der Waals surface area contributed by atoms with Gasteiger partial charge in [-0.1, -0.05) is 97.1 Å². The van der Waals surface area contributed by atoms with Crippen LogP contribution in [-0.2, 0) is 0 Å². The minimum absolute atomic E-state index is 0.819. The number of fused-ring (bicyclic) bond motifs is 6. The van der Waals surface area contributed by atoms with E-state index in [-0.39, 0.29) is 0 Å². The van der Waals surface area contributed by atoms with Crippen molar-refractivity contribution >= 4 is 43.9 Å². The zero-order chi connectivity index (χ0) is 30.1. The average Bonchev–Trinajstić information content (AvgIpc) is 3.76. The van der Waals surface area contributed by atoms with Crippen molar-refractivity contribution in [3.05, 3.63) is 151 Å². The van der Waals surface area contributed by atoms with Crippen molar-refractivity contribution in [1.29, 1.82) is 0 Å². The van der Waals surface area contributed by atoms with Gasteiger partial charge >= 0.3 is 0 Å². The van der Waals surface area contributed by atoms with Gasteiger partial charge in [-0.3, -0.25) is 13.7 Å². The Morgan fingerprint density at radius 3 is 1.84 bits per heavy atom. The highest BCUT2D eigenvalue weighted by molar-refractivity contribution is 6.16. The lowest BCUT2D eigenvalue weighted by molar-refractivity contribution is 0.916. The van der Waals surface area contributed by atoms with Gasteiger partial charge in [-0.2, -0.15) is 0 Å². The van der Waals surface area contributed by atoms with Crippen LogP contribution in [0.3, 0.4) is 0 Å². The maximum atomic E-state index is 5.54. The van der Waals surface area contributed by atoms with Crippen molar-refractivity contribution in [3.8, 4) is 28.5 Å². The largest absolute Gasteiger partial charge is 0.294 e. The third kappa shape index (κ3) is 3.80. The Morgan fingerprint density at radius 1 is 0.511 bits per heavy atom. The summed E-state index contributed by atoms with van der Waals surface area (Å²) in [5.41, 5.74) is 11.0. The summed E-state index contributed by atoms with van der Waals surface area (Å²) in [4.78, 5) is 10.5. The Morgan fingerprint density at radius 2 is 1.11 bits per heavy atom. The van der Waals surface area contributed by atoms with Gasteiger partial charge in [0, 0.05) is 39.6 Å². The van der Waals surface area contributed by atoms with Crippen LogP contribution in [-0.4, -0.2) is 23.7 Å². The van der Waals surface area contributed by atoms with Crippen LogP contribution in [0.4, 0.5) is 0 Å². The topological polar surface area (TPSA) is 40.6 Å². The molecule has 45 heavy (non-hydrogen) atoms. The molecule has 9 rings (SSSR count). The molecule has 0 saturated heterocycles. The number of aromatic nitrogens is 5. The first-order valence-corrected chi connectivity index (χ1v) is 15.3. The molecule has 4 aromatic heterocycles. The highest BCUT2D eigenvalue weighted by Gasteiger charge is 2.22. The Kier molecular flexibility index (Phi) is 5.56. The number of aryl methyl sites for hydroxylation is 2. The molecule has 5 heteroatoms. The van der Waals surface area contributed by atoms with E-state index in [9.17, 15) is 0 Å². The van der Waals surface area contributed by atoms with Crippen LogP contribution in [0.5, 0.6) is 0 Å². The number of hydrogen-bond donors (Lipinski definition) is 0. The van der Waals surface area contributed by atoms with Crippen molar-refractivity contribution in [2.45, 2.75) is 13.8 Å². The molecule has 9 aromatic rings. The first-order chi connectivity index (χ1) is 22.2. The summed E-state index contributed by atoms with van der Waals surface area (Å²) in [5, 5.41) is 4.57. The van der Waals surface area contributed by atoms with Gasteiger partial charge in [0.1, 0.15) is 11.3 Å². The predicted octanol–water partition coefficient (Wildman–Crippen LogP) is 9.75. The normalized spacial score (nSPS) is 11.8. The number of benzene rings is 5. The summed E-state index contributed by atoms with van der Waals surface area (Å²) in [7, 11) is 0. The van der Waals surface area contributed by atoms with Crippen LogP contribution >= 0.6 is 0 Å². The summed E-state index contributed by atoms with van der Waals surface area (Å²) >= 11 is 0. The number of pyridine rings is 1. The van der Waals surface area contributed by atoms with E-state index in [4.69, 9.17) is 9.97 Å². The molecule has 0 aliphatic heterocycles. The van der Waals surface area contributed by atoms with Crippen LogP contribution in [0.2, 0.25) is 0 Å². The molecule has 214 valence electrons. The number of rotatable bonds is 4. The van der Waals surface area contributed by atoms with Gasteiger partial charge in [0.15, 0.2) is 0 Å². The van der Waals surface area contributed by atoms with E-state index < -0.39 is 0 Å². The number of para-hydroxylation sites is 3. The fourth-order valence-electron chi connectivity index (χ4n) is 6.99. The molecule has 0 radical (unpaired) electrons. The number of imidazole rings is 1. The average molecular weight is 580 g/mol. The minimum Gasteiger partial charge on any atom is -0.294 e. The third-order valence-electron chi connectivity index (χ3n) is 8.99. The molecular weight excluding hydrogens is 550 g/mol. The SMILES string of the molecule is Cc1cccc(C)c1-n1ccnc1-n1c2ccccc2c2cc3c4ccccc4n(-c4cccc(-c5ccccc5)c4)c3nc21. The molecule has 0 aliphatic rings. The minimum atomic E-state index is 0.819. The van der Waals surface area contributed by atoms with E-state index in [1.807, 2.05) is 6.20 Å². The lowest BCUT2D eigenvalue weighted by Crippen LogP contribution is -2.08. The maximum Gasteiger partial charge on any atom is 0.220 e. The Labute approximate surface area is 260 Å². The second kappa shape index (κ2) is 9.79. The highest BCUT2D eigenvalue weighted by atomic mass is 15.3. The fourth-order valence-corrected chi connectivity index (χ4v) is 6.99. The van der Waals surface area contributed by atoms with E-state index >= 15 is 0 Å². The number of nitrogens with zero attached hydrogens (tertiary/aromatic N) is 5. The van der Waals surface area contributed by atoms with Gasteiger partial charge in [0.25, 0.3) is 0 Å². The van der Waals surface area contributed by atoms with Gasteiger partial charge < -0.3 is 0 Å². The summed E-state index contributed by atoms with van der Waals surface area (Å²) in [6.07, 6.45) is 3.93. The zero-order valence-corrected chi connectivity index (χ0v) is 25.0. The summed E-state index contributed by atoms with van der Waals surface area (Å²) in [6.45, 7) is 4.31. The monoisotopic (exact) mass is 579 g/mol. The van der Waals surface area contributed by atoms with E-state index in [0.29, 0.717) is 0 Å². The van der Waals surface area contributed by atoms with E-state index in [1.54, 1.807) is 0 Å². The fraction of sp³-hybridized carbons (Fsp3) is 0.0500. The Hall–Kier alpha value is -5.94. The van der Waals surface area contributed by atoms with Gasteiger partial charge in [-0.25, -0.2) is 9.97 Å². The molecule has 0 atom stereocenters. The Bertz CT molecular complexity index is 2540. The van der Waals surface area contributed by atoms with Crippen LogP contribution in [0.15, 0.2) is 140 Å². The molecule has 0 amide bonds. The first-order valence-electron chi connectivity index (χ1n) is 15.3. The molecule has 0 saturated carbocycles. The van der Waals surface area contributed by atoms with Crippen molar-refractivity contribution in [1.82, 2.24) is 23.7 Å². The molecule has 0 spiro atoms. The number of hydrogen-bond acceptors (Lipinski definition) is 2. The smallest absolute Gasteiger partial charge is 0.220 e. The standard InChI is InChI=1S/C40H29N5/c1-26-12-10-13-27(2)37(26)43-23-22-41-40(43)45-36-21-9-7-19-32(36)34-25-33-31-18-6-8-20-35(31)44(38(33)42-39(34)45)30-17-11-16-29(24-30)28-14-4-3-5-15-28/h3-25H,1-2H3. The first kappa shape index (κ1) is 25.5. The molecule has 0 bridgehead atoms. The van der Waals surface area contributed by atoms with Crippen LogP contribution in [0, 0.1) is 13.8 Å². The van der Waals surface area contributed by atoms with Crippen LogP contribution in [0.1, 0.15) is 11.1 Å². The zero-order valence-electron chi connectivity index (χ0n) is 25.0. The summed E-state index contributed by atoms with van der Waals surface area (Å²) < 4.78 is 6.72. The third-order valence-corrected chi connectivity index (χ3v) is 8.99. The van der Waals surface area contributed by atoms with Crippen molar-refractivity contribution in [2.24, 2.45) is 0 Å². The van der Waals surface area contributed by atoms with Crippen LogP contribution in [0.25, 0.3) is 72.3 Å². The van der Waals surface area contributed by atoms with Gasteiger partial charge in [0.2, 0.25) is 5.95 Å². The molecule has 5 aromatic carbocycles. The van der Waals surface area contributed by atoms with E-state index in [1.165, 1.54) is 27.6 Å². The molecule has 4 heterocycles. The lowest BCUT2D eigenvalue weighted by Gasteiger charge is -2.15. The lowest BCUT2D eigenvalue weighted by atomic mass is 10.1. The summed E-state index contributed by atoms with van der Waals surface area (Å²) in [5.74, 6) is 0.819. The van der Waals surface area contributed by atoms with Gasteiger partial charge in [-0.05, 0) is 66.4 Å². The van der Waals surface area contributed by atoms with Crippen LogP contribution < -0.4 is 0 Å². The van der Waals surface area contributed by atoms with Crippen molar-refractivity contribution < 1.29 is 0 Å². The second-order valence-corrected chi connectivity index (χ2v) is 11.7. The highest BCUT2D eigenvalue weighted by Crippen LogP contribution is 2.38. The summed E-state index contributed by atoms with van der Waals surface area (Å²) in [6, 6.07) is 45.2. The van der Waals surface area contributed by atoms with Crippen molar-refractivity contribution in [3.63, 3.8) is 0 Å². The molecule has 0 unspecified atom stereocenters. The molecule has 0 aliphatic carbocycles. The maximum absolute atomic E-state index is 5.54. The molecule has 0 fully saturated rings. The van der Waals surface area contributed by atoms with Gasteiger partial charge in [0.05, 0.1) is 16.7 Å². The Balaban J connectivity index is 1.38. The second-order valence-electron chi connectivity index (χ2n) is 11.7. The molecule has 0 N–H and O–H groups in total. The molecule has 5 nitrogen and oxygen atoms in total. The quantitative estimate of drug-likeness (QED) is 0.208. The van der Waals surface area contributed by atoms with E-state index in [2.05, 4.69) is 161 Å². The van der Waals surface area contributed by atoms with Crippen molar-refractivity contribution in [2.75, 3.05) is 0 Å². The van der Waals surface area contributed by atoms with E-state index in [0.717, 1.165) is 55.8 Å². The predicted molar refractivity (Wildman–Crippen MR) is 185 cm³/mol. The van der Waals surface area contributed by atoms with Gasteiger partial charge in [-0.15, -0.1) is 0 Å². The molecular formula is C40H29N5.